The van der Waals surface area contributed by atoms with Crippen LogP contribution in [0, 0.1) is 0 Å². The number of benzene rings is 2. The van der Waals surface area contributed by atoms with Crippen molar-refractivity contribution in [1.82, 2.24) is 0 Å². The van der Waals surface area contributed by atoms with E-state index in [2.05, 4.69) is 0 Å². The number of aromatic hydroxyl groups is 3. The molecule has 3 aromatic rings. The highest BCUT2D eigenvalue weighted by atomic mass is 16.4. The molecule has 0 radical (unpaired) electrons. The van der Waals surface area contributed by atoms with Crippen LogP contribution >= 0.6 is 0 Å². The molecule has 5 nitrogen and oxygen atoms in total. The maximum absolute atomic E-state index is 12.2. The topological polar surface area (TPSA) is 90.9 Å². The first kappa shape index (κ1) is 10.5. The number of rotatable bonds is 0. The van der Waals surface area contributed by atoms with Crippen LogP contribution in [-0.2, 0) is 0 Å². The number of phenolic OH excluding ortho intramolecular Hbond substituents is 3. The number of hydrogen-bond acceptors (Lipinski definition) is 5. The van der Waals surface area contributed by atoms with Crippen LogP contribution in [0.1, 0.15) is 0 Å². The Kier molecular flexibility index (Phi) is 1.98. The van der Waals surface area contributed by atoms with Crippen molar-refractivity contribution in [1.29, 1.82) is 0 Å². The molecule has 0 saturated carbocycles. The van der Waals surface area contributed by atoms with E-state index in [4.69, 9.17) is 4.42 Å². The van der Waals surface area contributed by atoms with Crippen LogP contribution in [0.4, 0.5) is 0 Å². The van der Waals surface area contributed by atoms with Crippen molar-refractivity contribution < 1.29 is 19.7 Å². The lowest BCUT2D eigenvalue weighted by atomic mass is 10.1. The first-order valence-corrected chi connectivity index (χ1v) is 5.18. The third-order valence-corrected chi connectivity index (χ3v) is 2.74. The van der Waals surface area contributed by atoms with Gasteiger partial charge in [0.1, 0.15) is 5.75 Å². The van der Waals surface area contributed by atoms with Gasteiger partial charge in [-0.2, -0.15) is 0 Å². The summed E-state index contributed by atoms with van der Waals surface area (Å²) < 4.78 is 5.33. The lowest BCUT2D eigenvalue weighted by molar-refractivity contribution is 0.443. The van der Waals surface area contributed by atoms with Crippen LogP contribution in [0.3, 0.4) is 0 Å². The van der Waals surface area contributed by atoms with Gasteiger partial charge in [-0.15, -0.1) is 0 Å². The molecule has 0 amide bonds. The van der Waals surface area contributed by atoms with Crippen LogP contribution in [0.15, 0.2) is 39.5 Å². The van der Waals surface area contributed by atoms with E-state index < -0.39 is 5.43 Å². The van der Waals surface area contributed by atoms with Crippen LogP contribution in [0.5, 0.6) is 17.2 Å². The zero-order valence-corrected chi connectivity index (χ0v) is 9.04. The van der Waals surface area contributed by atoms with Gasteiger partial charge in [0.15, 0.2) is 22.7 Å². The van der Waals surface area contributed by atoms with Crippen LogP contribution in [-0.4, -0.2) is 15.3 Å². The van der Waals surface area contributed by atoms with Crippen molar-refractivity contribution in [2.75, 3.05) is 0 Å². The summed E-state index contributed by atoms with van der Waals surface area (Å²) in [7, 11) is 0. The van der Waals surface area contributed by atoms with E-state index in [1.165, 1.54) is 24.3 Å². The van der Waals surface area contributed by atoms with Crippen molar-refractivity contribution in [3.63, 3.8) is 0 Å². The molecule has 0 aliphatic carbocycles. The molecular formula is C13H8O5. The van der Waals surface area contributed by atoms with Gasteiger partial charge in [-0.3, -0.25) is 4.79 Å². The van der Waals surface area contributed by atoms with Gasteiger partial charge in [-0.25, -0.2) is 0 Å². The molecule has 0 saturated heterocycles. The summed E-state index contributed by atoms with van der Waals surface area (Å²) in [4.78, 5) is 12.2. The van der Waals surface area contributed by atoms with Crippen molar-refractivity contribution in [3.05, 3.63) is 40.6 Å². The molecule has 0 aliphatic heterocycles. The quantitative estimate of drug-likeness (QED) is 0.526. The molecule has 0 atom stereocenters. The maximum Gasteiger partial charge on any atom is 0.200 e. The van der Waals surface area contributed by atoms with Gasteiger partial charge < -0.3 is 19.7 Å². The molecule has 3 rings (SSSR count). The van der Waals surface area contributed by atoms with Crippen molar-refractivity contribution in [3.8, 4) is 17.2 Å². The van der Waals surface area contributed by atoms with E-state index >= 15 is 0 Å². The molecule has 0 spiro atoms. The minimum atomic E-state index is -0.423. The molecule has 0 fully saturated rings. The molecule has 2 aromatic carbocycles. The molecule has 0 unspecified atom stereocenters. The van der Waals surface area contributed by atoms with Crippen LogP contribution in [0.25, 0.3) is 21.9 Å². The lowest BCUT2D eigenvalue weighted by Gasteiger charge is -2.04. The minimum Gasteiger partial charge on any atom is -0.508 e. The van der Waals surface area contributed by atoms with E-state index in [9.17, 15) is 20.1 Å². The predicted molar refractivity (Wildman–Crippen MR) is 65.0 cm³/mol. The first-order chi connectivity index (χ1) is 8.58. The van der Waals surface area contributed by atoms with Crippen molar-refractivity contribution >= 4 is 21.9 Å². The van der Waals surface area contributed by atoms with E-state index in [1.54, 1.807) is 0 Å². The van der Waals surface area contributed by atoms with Gasteiger partial charge in [0.2, 0.25) is 5.43 Å². The Morgan fingerprint density at radius 3 is 2.39 bits per heavy atom. The Balaban J connectivity index is 2.66. The minimum absolute atomic E-state index is 0.0102. The average molecular weight is 244 g/mol. The van der Waals surface area contributed by atoms with Gasteiger partial charge in [0.25, 0.3) is 0 Å². The smallest absolute Gasteiger partial charge is 0.200 e. The van der Waals surface area contributed by atoms with Gasteiger partial charge in [-0.05, 0) is 18.2 Å². The highest BCUT2D eigenvalue weighted by Gasteiger charge is 2.14. The lowest BCUT2D eigenvalue weighted by Crippen LogP contribution is -2.01. The second-order valence-corrected chi connectivity index (χ2v) is 3.93. The molecule has 5 heteroatoms. The Hall–Kier alpha value is -2.69. The van der Waals surface area contributed by atoms with Crippen molar-refractivity contribution in [2.45, 2.75) is 0 Å². The van der Waals surface area contributed by atoms with Gasteiger partial charge >= 0.3 is 0 Å². The largest absolute Gasteiger partial charge is 0.508 e. The number of fused-ring (bicyclic) bond motifs is 2. The fraction of sp³-hybridized carbons (Fsp3) is 0. The third kappa shape index (κ3) is 1.31. The summed E-state index contributed by atoms with van der Waals surface area (Å²) in [6.45, 7) is 0. The standard InChI is InChI=1S/C13H8O5/c14-6-4-8-11(17)7-2-1-3-9(15)12(7)18-13(8)10(16)5-6/h1-5,14-16H. The maximum atomic E-state index is 12.2. The van der Waals surface area contributed by atoms with Crippen molar-refractivity contribution in [2.24, 2.45) is 0 Å². The Labute approximate surface area is 100 Å². The van der Waals surface area contributed by atoms with E-state index in [0.29, 0.717) is 0 Å². The highest BCUT2D eigenvalue weighted by Crippen LogP contribution is 2.32. The Morgan fingerprint density at radius 1 is 0.889 bits per heavy atom. The number of para-hydroxylation sites is 1. The zero-order valence-electron chi connectivity index (χ0n) is 9.04. The fourth-order valence-corrected chi connectivity index (χ4v) is 1.93. The summed E-state index contributed by atoms with van der Waals surface area (Å²) in [5.41, 5.74) is -0.476. The van der Waals surface area contributed by atoms with Crippen LogP contribution < -0.4 is 5.43 Å². The fourth-order valence-electron chi connectivity index (χ4n) is 1.93. The molecule has 90 valence electrons. The first-order valence-electron chi connectivity index (χ1n) is 5.18. The zero-order chi connectivity index (χ0) is 12.9. The summed E-state index contributed by atoms with van der Waals surface area (Å²) >= 11 is 0. The second kappa shape index (κ2) is 3.40. The summed E-state index contributed by atoms with van der Waals surface area (Å²) in [5.74, 6) is -0.766. The monoisotopic (exact) mass is 244 g/mol. The molecule has 18 heavy (non-hydrogen) atoms. The Bertz CT molecular complexity index is 832. The average Bonchev–Trinajstić information content (AvgIpc) is 2.32. The highest BCUT2D eigenvalue weighted by molar-refractivity contribution is 5.94. The normalized spacial score (nSPS) is 11.1. The van der Waals surface area contributed by atoms with E-state index in [0.717, 1.165) is 6.07 Å². The molecule has 3 N–H and O–H groups in total. The van der Waals surface area contributed by atoms with Gasteiger partial charge in [0, 0.05) is 6.07 Å². The van der Waals surface area contributed by atoms with Gasteiger partial charge in [0.05, 0.1) is 10.8 Å². The summed E-state index contributed by atoms with van der Waals surface area (Å²) in [6, 6.07) is 6.68. The Morgan fingerprint density at radius 2 is 1.61 bits per heavy atom. The SMILES string of the molecule is O=c1c2cccc(O)c2oc2c(O)cc(O)cc12. The van der Waals surface area contributed by atoms with Gasteiger partial charge in [-0.1, -0.05) is 6.07 Å². The predicted octanol–water partition coefficient (Wildman–Crippen LogP) is 2.06. The second-order valence-electron chi connectivity index (χ2n) is 3.93. The number of hydrogen-bond donors (Lipinski definition) is 3. The molecule has 0 aliphatic rings. The van der Waals surface area contributed by atoms with E-state index in [1.807, 2.05) is 0 Å². The molecule has 0 bridgehead atoms. The number of phenols is 3. The molecule has 1 aromatic heterocycles. The summed E-state index contributed by atoms with van der Waals surface area (Å²) in [5, 5.41) is 28.9. The summed E-state index contributed by atoms with van der Waals surface area (Å²) in [6.07, 6.45) is 0. The van der Waals surface area contributed by atoms with Crippen LogP contribution in [0.2, 0.25) is 0 Å². The molecular weight excluding hydrogens is 236 g/mol. The third-order valence-electron chi connectivity index (χ3n) is 2.74. The van der Waals surface area contributed by atoms with E-state index in [-0.39, 0.29) is 39.2 Å². The molecule has 1 heterocycles.